The van der Waals surface area contributed by atoms with Gasteiger partial charge in [0.05, 0.1) is 4.90 Å². The number of carbonyl (C=O) groups excluding carboxylic acids is 1. The van der Waals surface area contributed by atoms with E-state index in [0.717, 1.165) is 43.3 Å². The number of nitrogens with one attached hydrogen (secondary N) is 2. The van der Waals surface area contributed by atoms with Crippen LogP contribution in [-0.2, 0) is 10.0 Å². The second kappa shape index (κ2) is 8.98. The van der Waals surface area contributed by atoms with E-state index in [-0.39, 0.29) is 10.8 Å². The van der Waals surface area contributed by atoms with Crippen molar-refractivity contribution in [1.29, 1.82) is 0 Å². The molecule has 0 spiro atoms. The molecule has 0 aromatic heterocycles. The van der Waals surface area contributed by atoms with E-state index in [0.29, 0.717) is 11.3 Å². The standard InChI is InChI=1S/C23H30N4O3S/c1-17-6-9-21(31(29,30)24-2)15-22(17)23(28)25-19-4-3-5-20(14-19)27-12-10-26(11-13-27)16-18-7-8-18/h3-6,9,14-15,18,24H,7-8,10-13,16H2,1-2H3,(H,25,28). The summed E-state index contributed by atoms with van der Waals surface area (Å²) in [6, 6.07) is 12.4. The Morgan fingerprint density at radius 1 is 1.06 bits per heavy atom. The molecule has 2 aromatic carbocycles. The molecule has 2 N–H and O–H groups in total. The summed E-state index contributed by atoms with van der Waals surface area (Å²) in [5.41, 5.74) is 2.85. The number of hydrogen-bond acceptors (Lipinski definition) is 5. The van der Waals surface area contributed by atoms with Gasteiger partial charge >= 0.3 is 0 Å². The number of carbonyl (C=O) groups is 1. The lowest BCUT2D eigenvalue weighted by Gasteiger charge is -2.36. The first-order valence-corrected chi connectivity index (χ1v) is 12.3. The van der Waals surface area contributed by atoms with Crippen LogP contribution in [0.2, 0.25) is 0 Å². The average Bonchev–Trinajstić information content (AvgIpc) is 3.58. The second-order valence-corrected chi connectivity index (χ2v) is 10.3. The second-order valence-electron chi connectivity index (χ2n) is 8.42. The average molecular weight is 443 g/mol. The number of anilines is 2. The largest absolute Gasteiger partial charge is 0.369 e. The predicted octanol–water partition coefficient (Wildman–Crippen LogP) is 2.69. The number of benzene rings is 2. The molecule has 1 aliphatic heterocycles. The molecular formula is C23H30N4O3S. The summed E-state index contributed by atoms with van der Waals surface area (Å²) in [7, 11) is -2.26. The number of amides is 1. The molecular weight excluding hydrogens is 412 g/mol. The van der Waals surface area contributed by atoms with E-state index >= 15 is 0 Å². The zero-order chi connectivity index (χ0) is 22.0. The highest BCUT2D eigenvalue weighted by molar-refractivity contribution is 7.89. The first kappa shape index (κ1) is 21.8. The number of aryl methyl sites for hydroxylation is 1. The molecule has 2 aromatic rings. The summed E-state index contributed by atoms with van der Waals surface area (Å²) in [5.74, 6) is 0.590. The monoisotopic (exact) mass is 442 g/mol. The molecule has 31 heavy (non-hydrogen) atoms. The first-order valence-electron chi connectivity index (χ1n) is 10.8. The quantitative estimate of drug-likeness (QED) is 0.689. The summed E-state index contributed by atoms with van der Waals surface area (Å²) in [6.45, 7) is 7.12. The van der Waals surface area contributed by atoms with Crippen LogP contribution in [0.4, 0.5) is 11.4 Å². The highest BCUT2D eigenvalue weighted by Crippen LogP contribution is 2.30. The first-order chi connectivity index (χ1) is 14.9. The Hall–Kier alpha value is -2.42. The maximum Gasteiger partial charge on any atom is 0.255 e. The van der Waals surface area contributed by atoms with Gasteiger partial charge in [0.2, 0.25) is 10.0 Å². The normalized spacial score (nSPS) is 17.5. The molecule has 1 saturated heterocycles. The molecule has 0 radical (unpaired) electrons. The Morgan fingerprint density at radius 3 is 2.48 bits per heavy atom. The van der Waals surface area contributed by atoms with E-state index in [9.17, 15) is 13.2 Å². The van der Waals surface area contributed by atoms with Gasteiger partial charge in [-0.15, -0.1) is 0 Å². The van der Waals surface area contributed by atoms with Gasteiger partial charge in [0.1, 0.15) is 0 Å². The molecule has 2 fully saturated rings. The predicted molar refractivity (Wildman–Crippen MR) is 123 cm³/mol. The van der Waals surface area contributed by atoms with Gasteiger partial charge in [-0.05, 0) is 68.6 Å². The minimum Gasteiger partial charge on any atom is -0.369 e. The third kappa shape index (κ3) is 5.26. The van der Waals surface area contributed by atoms with Gasteiger partial charge in [-0.1, -0.05) is 12.1 Å². The van der Waals surface area contributed by atoms with Crippen LogP contribution in [0.25, 0.3) is 0 Å². The van der Waals surface area contributed by atoms with Crippen molar-refractivity contribution in [3.8, 4) is 0 Å². The van der Waals surface area contributed by atoms with Crippen LogP contribution in [0.5, 0.6) is 0 Å². The van der Waals surface area contributed by atoms with Crippen LogP contribution in [0.3, 0.4) is 0 Å². The van der Waals surface area contributed by atoms with Gasteiger partial charge in [-0.25, -0.2) is 13.1 Å². The zero-order valence-electron chi connectivity index (χ0n) is 18.1. The topological polar surface area (TPSA) is 81.7 Å². The Labute approximate surface area is 184 Å². The highest BCUT2D eigenvalue weighted by atomic mass is 32.2. The van der Waals surface area contributed by atoms with Crippen LogP contribution >= 0.6 is 0 Å². The van der Waals surface area contributed by atoms with Crippen molar-refractivity contribution in [1.82, 2.24) is 9.62 Å². The van der Waals surface area contributed by atoms with Crippen LogP contribution < -0.4 is 14.9 Å². The van der Waals surface area contributed by atoms with Gasteiger partial charge in [-0.3, -0.25) is 9.69 Å². The number of hydrogen-bond donors (Lipinski definition) is 2. The van der Waals surface area contributed by atoms with Gasteiger partial charge in [0, 0.05) is 49.7 Å². The van der Waals surface area contributed by atoms with E-state index in [1.807, 2.05) is 18.2 Å². The fraction of sp³-hybridized carbons (Fsp3) is 0.435. The molecule has 0 bridgehead atoms. The van der Waals surface area contributed by atoms with Gasteiger partial charge in [0.25, 0.3) is 5.91 Å². The minimum atomic E-state index is -3.61. The highest BCUT2D eigenvalue weighted by Gasteiger charge is 2.26. The van der Waals surface area contributed by atoms with Crippen molar-refractivity contribution >= 4 is 27.3 Å². The third-order valence-corrected chi connectivity index (χ3v) is 7.50. The summed E-state index contributed by atoms with van der Waals surface area (Å²) >= 11 is 0. The van der Waals surface area contributed by atoms with Crippen LogP contribution in [0.1, 0.15) is 28.8 Å². The van der Waals surface area contributed by atoms with Crippen molar-refractivity contribution < 1.29 is 13.2 Å². The van der Waals surface area contributed by atoms with Crippen LogP contribution in [0.15, 0.2) is 47.4 Å². The van der Waals surface area contributed by atoms with Crippen molar-refractivity contribution in [2.45, 2.75) is 24.7 Å². The fourth-order valence-electron chi connectivity index (χ4n) is 3.96. The Kier molecular flexibility index (Phi) is 6.31. The third-order valence-electron chi connectivity index (χ3n) is 6.09. The lowest BCUT2D eigenvalue weighted by molar-refractivity contribution is 0.102. The van der Waals surface area contributed by atoms with E-state index in [4.69, 9.17) is 0 Å². The molecule has 0 atom stereocenters. The fourth-order valence-corrected chi connectivity index (χ4v) is 4.72. The Bertz CT molecular complexity index is 1060. The van der Waals surface area contributed by atoms with Crippen molar-refractivity contribution in [2.75, 3.05) is 50.0 Å². The molecule has 1 aliphatic carbocycles. The van der Waals surface area contributed by atoms with Gasteiger partial charge < -0.3 is 10.2 Å². The van der Waals surface area contributed by atoms with Crippen LogP contribution in [-0.4, -0.2) is 59.0 Å². The van der Waals surface area contributed by atoms with Gasteiger partial charge in [-0.2, -0.15) is 0 Å². The van der Waals surface area contributed by atoms with Crippen LogP contribution in [0, 0.1) is 12.8 Å². The number of nitrogens with zero attached hydrogens (tertiary/aromatic N) is 2. The minimum absolute atomic E-state index is 0.0727. The summed E-state index contributed by atoms with van der Waals surface area (Å²) in [5, 5.41) is 2.93. The van der Waals surface area contributed by atoms with Crippen molar-refractivity contribution in [3.63, 3.8) is 0 Å². The van der Waals surface area contributed by atoms with E-state index in [1.54, 1.807) is 13.0 Å². The Balaban J connectivity index is 1.44. The van der Waals surface area contributed by atoms with Crippen molar-refractivity contribution in [2.24, 2.45) is 5.92 Å². The maximum atomic E-state index is 12.9. The molecule has 2 aliphatic rings. The van der Waals surface area contributed by atoms with Gasteiger partial charge in [0.15, 0.2) is 0 Å². The molecule has 1 saturated carbocycles. The lowest BCUT2D eigenvalue weighted by Crippen LogP contribution is -2.47. The lowest BCUT2D eigenvalue weighted by atomic mass is 10.1. The van der Waals surface area contributed by atoms with E-state index < -0.39 is 10.0 Å². The number of sulfonamides is 1. The smallest absolute Gasteiger partial charge is 0.255 e. The zero-order valence-corrected chi connectivity index (χ0v) is 18.9. The summed E-state index contributed by atoms with van der Waals surface area (Å²) < 4.78 is 26.5. The summed E-state index contributed by atoms with van der Waals surface area (Å²) in [4.78, 5) is 17.9. The molecule has 166 valence electrons. The van der Waals surface area contributed by atoms with Crippen molar-refractivity contribution in [3.05, 3.63) is 53.6 Å². The number of piperazine rings is 1. The van der Waals surface area contributed by atoms with E-state index in [2.05, 4.69) is 25.9 Å². The molecule has 8 heteroatoms. The molecule has 0 unspecified atom stereocenters. The Morgan fingerprint density at radius 2 is 1.81 bits per heavy atom. The summed E-state index contributed by atoms with van der Waals surface area (Å²) in [6.07, 6.45) is 2.76. The number of rotatable bonds is 7. The van der Waals surface area contributed by atoms with E-state index in [1.165, 1.54) is 38.6 Å². The SMILES string of the molecule is CNS(=O)(=O)c1ccc(C)c(C(=O)Nc2cccc(N3CCN(CC4CC4)CC3)c2)c1. The molecule has 1 heterocycles. The molecule has 4 rings (SSSR count). The molecule has 1 amide bonds. The maximum absolute atomic E-state index is 12.9. The molecule has 7 nitrogen and oxygen atoms in total.